The fraction of sp³-hybridized carbons (Fsp3) is 0.542. The molecule has 0 aliphatic carbocycles. The first kappa shape index (κ1) is 21.8. The summed E-state index contributed by atoms with van der Waals surface area (Å²) in [5, 5.41) is 3.45. The van der Waals surface area contributed by atoms with E-state index in [9.17, 15) is 0 Å². The number of nitrogens with zero attached hydrogens (tertiary/aromatic N) is 3. The van der Waals surface area contributed by atoms with Crippen molar-refractivity contribution in [3.63, 3.8) is 0 Å². The Balaban J connectivity index is 1.41. The number of thiocarbonyl (C=S) groups is 1. The summed E-state index contributed by atoms with van der Waals surface area (Å²) in [7, 11) is 0. The number of benzene rings is 1. The van der Waals surface area contributed by atoms with Gasteiger partial charge in [0.05, 0.1) is 4.99 Å². The molecular weight excluding hydrogens is 376 g/mol. The maximum Gasteiger partial charge on any atom is 0.0820 e. The van der Waals surface area contributed by atoms with E-state index in [1.807, 2.05) is 0 Å². The molecule has 1 unspecified atom stereocenters. The largest absolute Gasteiger partial charge is 0.383 e. The predicted octanol–water partition coefficient (Wildman–Crippen LogP) is 3.83. The average Bonchev–Trinajstić information content (AvgIpc) is 2.75. The van der Waals surface area contributed by atoms with Crippen LogP contribution >= 0.6 is 12.2 Å². The molecule has 29 heavy (non-hydrogen) atoms. The number of anilines is 1. The highest BCUT2D eigenvalue weighted by atomic mass is 32.1. The number of allylic oxidation sites excluding steroid dienone is 1. The fourth-order valence-electron chi connectivity index (χ4n) is 4.29. The van der Waals surface area contributed by atoms with Gasteiger partial charge in [-0.05, 0) is 38.0 Å². The standard InChI is InChI=1S/C24H36N4S/c1-5-21(4)25-22-10-12-28(13-11-22)24(29)20(3)18-26-14-16-27(17-15-26)23-8-6-19(2)7-9-23/h5-9,20,22,25H,1,4,10-18H2,2-3H3. The highest BCUT2D eigenvalue weighted by Crippen LogP contribution is 2.19. The van der Waals surface area contributed by atoms with Crippen molar-refractivity contribution in [1.82, 2.24) is 15.1 Å². The van der Waals surface area contributed by atoms with Gasteiger partial charge < -0.3 is 15.1 Å². The molecule has 5 heteroatoms. The van der Waals surface area contributed by atoms with Crippen LogP contribution < -0.4 is 10.2 Å². The minimum atomic E-state index is 0.420. The van der Waals surface area contributed by atoms with E-state index in [1.54, 1.807) is 6.08 Å². The Kier molecular flexibility index (Phi) is 7.73. The first-order valence-corrected chi connectivity index (χ1v) is 11.3. The molecule has 0 radical (unpaired) electrons. The second-order valence-corrected chi connectivity index (χ2v) is 8.92. The Morgan fingerprint density at radius 1 is 1.14 bits per heavy atom. The summed E-state index contributed by atoms with van der Waals surface area (Å²) >= 11 is 5.86. The van der Waals surface area contributed by atoms with Gasteiger partial charge in [0.15, 0.2) is 0 Å². The molecule has 0 spiro atoms. The molecule has 2 heterocycles. The van der Waals surface area contributed by atoms with E-state index in [2.05, 4.69) is 71.3 Å². The van der Waals surface area contributed by atoms with Crippen molar-refractivity contribution in [3.8, 4) is 0 Å². The molecule has 0 amide bonds. The fourth-order valence-corrected chi connectivity index (χ4v) is 4.54. The van der Waals surface area contributed by atoms with Crippen molar-refractivity contribution in [2.45, 2.75) is 32.7 Å². The molecule has 1 aromatic carbocycles. The Hall–Kier alpha value is -1.85. The van der Waals surface area contributed by atoms with Crippen LogP contribution in [0.25, 0.3) is 0 Å². The molecule has 0 saturated carbocycles. The van der Waals surface area contributed by atoms with Crippen molar-refractivity contribution in [2.75, 3.05) is 50.7 Å². The molecule has 158 valence electrons. The van der Waals surface area contributed by atoms with E-state index in [0.29, 0.717) is 12.0 Å². The topological polar surface area (TPSA) is 21.8 Å². The van der Waals surface area contributed by atoms with Gasteiger partial charge in [0.1, 0.15) is 0 Å². The van der Waals surface area contributed by atoms with Crippen LogP contribution in [0.4, 0.5) is 5.69 Å². The molecule has 1 N–H and O–H groups in total. The van der Waals surface area contributed by atoms with E-state index >= 15 is 0 Å². The third kappa shape index (κ3) is 6.06. The second-order valence-electron chi connectivity index (χ2n) is 8.50. The number of aryl methyl sites for hydroxylation is 1. The van der Waals surface area contributed by atoms with Crippen molar-refractivity contribution in [3.05, 3.63) is 54.8 Å². The summed E-state index contributed by atoms with van der Waals surface area (Å²) in [5.41, 5.74) is 3.58. The van der Waals surface area contributed by atoms with E-state index in [0.717, 1.165) is 69.3 Å². The number of piperazine rings is 1. The van der Waals surface area contributed by atoms with Crippen LogP contribution in [-0.2, 0) is 0 Å². The van der Waals surface area contributed by atoms with E-state index < -0.39 is 0 Å². The van der Waals surface area contributed by atoms with Crippen LogP contribution in [0.1, 0.15) is 25.3 Å². The van der Waals surface area contributed by atoms with E-state index in [-0.39, 0.29) is 0 Å². The van der Waals surface area contributed by atoms with Gasteiger partial charge >= 0.3 is 0 Å². The van der Waals surface area contributed by atoms with Gasteiger partial charge in [-0.1, -0.05) is 50.0 Å². The third-order valence-corrected chi connectivity index (χ3v) is 6.83. The summed E-state index contributed by atoms with van der Waals surface area (Å²) in [6, 6.07) is 9.38. The molecule has 3 rings (SSSR count). The van der Waals surface area contributed by atoms with Crippen LogP contribution in [-0.4, -0.2) is 66.6 Å². The zero-order valence-electron chi connectivity index (χ0n) is 18.1. The SMILES string of the molecule is C=CC(=C)NC1CCN(C(=S)C(C)CN2CCN(c3ccc(C)cc3)CC2)CC1. The number of hydrogen-bond donors (Lipinski definition) is 1. The highest BCUT2D eigenvalue weighted by molar-refractivity contribution is 7.80. The summed E-state index contributed by atoms with van der Waals surface area (Å²) in [4.78, 5) is 8.61. The molecule has 2 aliphatic heterocycles. The zero-order valence-corrected chi connectivity index (χ0v) is 18.9. The van der Waals surface area contributed by atoms with Crippen LogP contribution in [0.15, 0.2) is 49.2 Å². The normalized spacial score (nSPS) is 19.7. The summed E-state index contributed by atoms with van der Waals surface area (Å²) in [6.07, 6.45) is 4.00. The number of likely N-dealkylation sites (tertiary alicyclic amines) is 1. The molecule has 1 aromatic rings. The van der Waals surface area contributed by atoms with Gasteiger partial charge in [0, 0.05) is 69.2 Å². The predicted molar refractivity (Wildman–Crippen MR) is 129 cm³/mol. The molecule has 2 fully saturated rings. The van der Waals surface area contributed by atoms with Crippen molar-refractivity contribution < 1.29 is 0 Å². The average molecular weight is 413 g/mol. The summed E-state index contributed by atoms with van der Waals surface area (Å²) in [6.45, 7) is 19.7. The summed E-state index contributed by atoms with van der Waals surface area (Å²) in [5.74, 6) is 0.420. The van der Waals surface area contributed by atoms with Gasteiger partial charge in [-0.25, -0.2) is 0 Å². The molecular formula is C24H36N4S. The molecule has 1 atom stereocenters. The monoisotopic (exact) mass is 412 g/mol. The molecule has 0 aromatic heterocycles. The lowest BCUT2D eigenvalue weighted by molar-refractivity contribution is 0.232. The molecule has 2 aliphatic rings. The van der Waals surface area contributed by atoms with Gasteiger partial charge in [0.2, 0.25) is 0 Å². The van der Waals surface area contributed by atoms with Gasteiger partial charge in [-0.3, -0.25) is 4.90 Å². The maximum absolute atomic E-state index is 5.86. The first-order chi connectivity index (χ1) is 14.0. The Bertz CT molecular complexity index is 698. The Labute approximate surface area is 182 Å². The first-order valence-electron chi connectivity index (χ1n) is 10.9. The van der Waals surface area contributed by atoms with Crippen molar-refractivity contribution in [1.29, 1.82) is 0 Å². The van der Waals surface area contributed by atoms with Gasteiger partial charge in [0.25, 0.3) is 0 Å². The van der Waals surface area contributed by atoms with Gasteiger partial charge in [-0.15, -0.1) is 0 Å². The number of rotatable bonds is 7. The quantitative estimate of drug-likeness (QED) is 0.541. The lowest BCUT2D eigenvalue weighted by atomic mass is 10.0. The van der Waals surface area contributed by atoms with E-state index in [4.69, 9.17) is 12.2 Å². The van der Waals surface area contributed by atoms with Crippen LogP contribution in [0.2, 0.25) is 0 Å². The number of nitrogens with one attached hydrogen (secondary N) is 1. The zero-order chi connectivity index (χ0) is 20.8. The lowest BCUT2D eigenvalue weighted by Gasteiger charge is -2.39. The third-order valence-electron chi connectivity index (χ3n) is 6.17. The number of piperidine rings is 1. The Morgan fingerprint density at radius 2 is 1.76 bits per heavy atom. The van der Waals surface area contributed by atoms with Gasteiger partial charge in [-0.2, -0.15) is 0 Å². The minimum Gasteiger partial charge on any atom is -0.383 e. The van der Waals surface area contributed by atoms with Crippen LogP contribution in [0, 0.1) is 12.8 Å². The molecule has 2 saturated heterocycles. The van der Waals surface area contributed by atoms with Crippen molar-refractivity contribution in [2.24, 2.45) is 5.92 Å². The van der Waals surface area contributed by atoms with Crippen LogP contribution in [0.5, 0.6) is 0 Å². The minimum absolute atomic E-state index is 0.420. The number of hydrogen-bond acceptors (Lipinski definition) is 4. The highest BCUT2D eigenvalue weighted by Gasteiger charge is 2.25. The Morgan fingerprint density at radius 3 is 2.34 bits per heavy atom. The van der Waals surface area contributed by atoms with E-state index in [1.165, 1.54) is 11.3 Å². The van der Waals surface area contributed by atoms with Crippen LogP contribution in [0.3, 0.4) is 0 Å². The smallest absolute Gasteiger partial charge is 0.0820 e. The molecule has 4 nitrogen and oxygen atoms in total. The molecule has 0 bridgehead atoms. The maximum atomic E-state index is 5.86. The second kappa shape index (κ2) is 10.3. The summed E-state index contributed by atoms with van der Waals surface area (Å²) < 4.78 is 0. The lowest BCUT2D eigenvalue weighted by Crippen LogP contribution is -2.50. The van der Waals surface area contributed by atoms with Crippen molar-refractivity contribution >= 4 is 22.9 Å².